The quantitative estimate of drug-likeness (QED) is 0.144. The Bertz CT molecular complexity index is 1440. The van der Waals surface area contributed by atoms with Crippen molar-refractivity contribution in [1.82, 2.24) is 14.3 Å². The Morgan fingerprint density at radius 3 is 2.49 bits per heavy atom. The van der Waals surface area contributed by atoms with E-state index in [1.54, 1.807) is 12.3 Å². The molecular weight excluding hydrogens is 572 g/mol. The third-order valence-electron chi connectivity index (χ3n) is 8.93. The van der Waals surface area contributed by atoms with Crippen LogP contribution in [0, 0.1) is 11.8 Å². The molecule has 0 unspecified atom stereocenters. The molecule has 1 aromatic carbocycles. The molecule has 1 aliphatic heterocycles. The predicted molar refractivity (Wildman–Crippen MR) is 164 cm³/mol. The summed E-state index contributed by atoms with van der Waals surface area (Å²) in [4.78, 5) is 19.9. The number of alkyl halides is 2. The van der Waals surface area contributed by atoms with Gasteiger partial charge >= 0.3 is 6.61 Å². The Kier molecular flexibility index (Phi) is 9.15. The number of halogens is 2. The number of hydrogen-bond donors (Lipinski definition) is 0. The molecule has 0 bridgehead atoms. The van der Waals surface area contributed by atoms with Gasteiger partial charge in [-0.3, -0.25) is 9.20 Å². The predicted octanol–water partition coefficient (Wildman–Crippen LogP) is 6.93. The molecule has 2 aliphatic rings. The largest absolute Gasteiger partial charge is 0.496 e. The van der Waals surface area contributed by atoms with Crippen LogP contribution < -0.4 is 14.2 Å². The maximum absolute atomic E-state index is 13.4. The number of Topliss-reactive ketones (excluding diaryl/α,β-unsaturated/α-hetero) is 1. The molecule has 0 spiro atoms. The minimum Gasteiger partial charge on any atom is -0.496 e. The van der Waals surface area contributed by atoms with Crippen LogP contribution in [-0.4, -0.2) is 75.0 Å². The van der Waals surface area contributed by atoms with E-state index in [0.717, 1.165) is 39.1 Å². The molecule has 43 heavy (non-hydrogen) atoms. The first kappa shape index (κ1) is 31.4. The Balaban J connectivity index is 1.22. The van der Waals surface area contributed by atoms with Gasteiger partial charge in [-0.05, 0) is 55.1 Å². The molecule has 3 aromatic rings. The van der Waals surface area contributed by atoms with Crippen LogP contribution >= 0.6 is 0 Å². The molecule has 11 heteroatoms. The van der Waals surface area contributed by atoms with E-state index in [1.165, 1.54) is 13.2 Å². The fourth-order valence-electron chi connectivity index (χ4n) is 5.14. The van der Waals surface area contributed by atoms with Gasteiger partial charge in [0.2, 0.25) is 0 Å². The van der Waals surface area contributed by atoms with Crippen molar-refractivity contribution in [2.75, 3.05) is 40.0 Å². The highest BCUT2D eigenvalue weighted by atomic mass is 28.4. The molecule has 0 atom stereocenters. The van der Waals surface area contributed by atoms with Crippen LogP contribution in [0.2, 0.25) is 18.1 Å². The topological polar surface area (TPSA) is 74.5 Å². The van der Waals surface area contributed by atoms with Gasteiger partial charge in [0.15, 0.2) is 14.1 Å². The van der Waals surface area contributed by atoms with Gasteiger partial charge in [-0.15, -0.1) is 0 Å². The maximum Gasteiger partial charge on any atom is 0.387 e. The second-order valence-corrected chi connectivity index (χ2v) is 18.1. The van der Waals surface area contributed by atoms with E-state index < -0.39 is 14.9 Å². The summed E-state index contributed by atoms with van der Waals surface area (Å²) in [7, 11) is -0.301. The summed E-state index contributed by atoms with van der Waals surface area (Å²) in [6.07, 6.45) is 5.72. The van der Waals surface area contributed by atoms with Crippen LogP contribution in [0.25, 0.3) is 16.9 Å². The molecule has 1 aliphatic carbocycles. The number of carbonyl (C=O) groups excluding carboxylic acids is 1. The van der Waals surface area contributed by atoms with Crippen molar-refractivity contribution < 1.29 is 32.2 Å². The monoisotopic (exact) mass is 615 g/mol. The first-order valence-electron chi connectivity index (χ1n) is 15.0. The summed E-state index contributed by atoms with van der Waals surface area (Å²) >= 11 is 0. The third kappa shape index (κ3) is 7.38. The number of imidazole rings is 1. The first-order chi connectivity index (χ1) is 20.3. The Morgan fingerprint density at radius 2 is 1.84 bits per heavy atom. The molecule has 234 valence electrons. The first-order valence-corrected chi connectivity index (χ1v) is 17.9. The van der Waals surface area contributed by atoms with E-state index in [1.807, 2.05) is 22.7 Å². The van der Waals surface area contributed by atoms with Crippen LogP contribution in [0.1, 0.15) is 50.4 Å². The second-order valence-electron chi connectivity index (χ2n) is 13.3. The summed E-state index contributed by atoms with van der Waals surface area (Å²) in [6, 6.07) is 6.85. The zero-order chi connectivity index (χ0) is 30.9. The Labute approximate surface area is 253 Å². The number of benzene rings is 1. The molecule has 0 radical (unpaired) electrons. The lowest BCUT2D eigenvalue weighted by molar-refractivity contribution is -0.0502. The fourth-order valence-corrected chi connectivity index (χ4v) is 6.17. The molecule has 2 aromatic heterocycles. The number of methoxy groups -OCH3 is 1. The van der Waals surface area contributed by atoms with Gasteiger partial charge in [0.1, 0.15) is 28.5 Å². The zero-order valence-electron chi connectivity index (χ0n) is 26.0. The van der Waals surface area contributed by atoms with E-state index >= 15 is 0 Å². The third-order valence-corrected chi connectivity index (χ3v) is 13.5. The van der Waals surface area contributed by atoms with Gasteiger partial charge in [0.05, 0.1) is 25.6 Å². The standard InChI is InChI=1S/C32H43F2N3O5Si/c1-32(2,3)43(5,6)41-12-11-36-18-22(19-36)20-40-24-9-10-37-25(17-35-29(37)16-24)23-14-27(39-4)30(26(38)13-21-7-8-21)28(15-23)42-31(33)34/h9-10,14-17,21-22,31H,7-8,11-13,18-20H2,1-6H3. The minimum absolute atomic E-state index is 0.0561. The average Bonchev–Trinajstić information content (AvgIpc) is 3.62. The SMILES string of the molecule is COc1cc(-c2cnc3cc(OCC4CN(CCO[Si](C)(C)C(C)(C)C)C4)ccn23)cc(OC(F)F)c1C(=O)CC1CC1. The van der Waals surface area contributed by atoms with Crippen LogP contribution in [-0.2, 0) is 4.43 Å². The van der Waals surface area contributed by atoms with Crippen LogP contribution in [0.3, 0.4) is 0 Å². The summed E-state index contributed by atoms with van der Waals surface area (Å²) in [5, 5.41) is 0.216. The Hall–Kier alpha value is -3.02. The number of rotatable bonds is 14. The van der Waals surface area contributed by atoms with Crippen molar-refractivity contribution in [1.29, 1.82) is 0 Å². The summed E-state index contributed by atoms with van der Waals surface area (Å²) in [5.74, 6) is 1.23. The summed E-state index contributed by atoms with van der Waals surface area (Å²) < 4.78 is 51.2. The number of likely N-dealkylation sites (tertiary alicyclic amines) is 1. The average molecular weight is 616 g/mol. The van der Waals surface area contributed by atoms with E-state index in [-0.39, 0.29) is 34.3 Å². The number of nitrogens with zero attached hydrogens (tertiary/aromatic N) is 3. The van der Waals surface area contributed by atoms with Crippen molar-refractivity contribution in [3.05, 3.63) is 42.2 Å². The normalized spacial score (nSPS) is 16.5. The zero-order valence-corrected chi connectivity index (χ0v) is 27.0. The van der Waals surface area contributed by atoms with E-state index in [2.05, 4.69) is 43.7 Å². The van der Waals surface area contributed by atoms with E-state index in [0.29, 0.717) is 41.1 Å². The highest BCUT2D eigenvalue weighted by molar-refractivity contribution is 6.74. The van der Waals surface area contributed by atoms with Gasteiger partial charge in [0.25, 0.3) is 0 Å². The van der Waals surface area contributed by atoms with Crippen LogP contribution in [0.4, 0.5) is 8.78 Å². The lowest BCUT2D eigenvalue weighted by Gasteiger charge is -2.41. The van der Waals surface area contributed by atoms with Gasteiger partial charge < -0.3 is 23.5 Å². The molecule has 5 rings (SSSR count). The van der Waals surface area contributed by atoms with Crippen molar-refractivity contribution >= 4 is 19.7 Å². The number of hydrogen-bond acceptors (Lipinski definition) is 7. The number of pyridine rings is 1. The number of fused-ring (bicyclic) bond motifs is 1. The van der Waals surface area contributed by atoms with Crippen molar-refractivity contribution in [2.24, 2.45) is 11.8 Å². The highest BCUT2D eigenvalue weighted by Gasteiger charge is 2.37. The van der Waals surface area contributed by atoms with Crippen LogP contribution in [0.5, 0.6) is 17.2 Å². The molecule has 1 saturated heterocycles. The molecule has 1 saturated carbocycles. The maximum atomic E-state index is 13.4. The Morgan fingerprint density at radius 1 is 1.12 bits per heavy atom. The molecule has 0 N–H and O–H groups in total. The molecule has 0 amide bonds. The highest BCUT2D eigenvalue weighted by Crippen LogP contribution is 2.41. The van der Waals surface area contributed by atoms with Crippen molar-refractivity contribution in [3.63, 3.8) is 0 Å². The van der Waals surface area contributed by atoms with Crippen molar-refractivity contribution in [2.45, 2.75) is 64.8 Å². The second kappa shape index (κ2) is 12.5. The number of carbonyl (C=O) groups is 1. The number of aromatic nitrogens is 2. The van der Waals surface area contributed by atoms with Gasteiger partial charge in [-0.1, -0.05) is 20.8 Å². The number of ether oxygens (including phenoxy) is 3. The summed E-state index contributed by atoms with van der Waals surface area (Å²) in [6.45, 7) is 12.6. The van der Waals surface area contributed by atoms with Gasteiger partial charge in [0, 0.05) is 56.4 Å². The molecule has 8 nitrogen and oxygen atoms in total. The van der Waals surface area contributed by atoms with E-state index in [4.69, 9.17) is 18.6 Å². The van der Waals surface area contributed by atoms with Gasteiger partial charge in [-0.2, -0.15) is 8.78 Å². The molecule has 3 heterocycles. The van der Waals surface area contributed by atoms with E-state index in [9.17, 15) is 13.6 Å². The summed E-state index contributed by atoms with van der Waals surface area (Å²) in [5.41, 5.74) is 1.90. The van der Waals surface area contributed by atoms with Crippen LogP contribution in [0.15, 0.2) is 36.7 Å². The van der Waals surface area contributed by atoms with Crippen molar-refractivity contribution in [3.8, 4) is 28.5 Å². The molecule has 2 fully saturated rings. The lowest BCUT2D eigenvalue weighted by atomic mass is 10.00. The smallest absolute Gasteiger partial charge is 0.387 e. The lowest BCUT2D eigenvalue weighted by Crippen LogP contribution is -2.51. The molecular formula is C32H43F2N3O5Si. The fraction of sp³-hybridized carbons (Fsp3) is 0.562. The minimum atomic E-state index is -3.08. The van der Waals surface area contributed by atoms with Gasteiger partial charge in [-0.25, -0.2) is 4.98 Å². The number of ketones is 1.